The van der Waals surface area contributed by atoms with Crippen LogP contribution in [0.4, 0.5) is 0 Å². The highest BCUT2D eigenvalue weighted by molar-refractivity contribution is 6.32. The lowest BCUT2D eigenvalue weighted by molar-refractivity contribution is 0.287. The summed E-state index contributed by atoms with van der Waals surface area (Å²) in [6.45, 7) is 0.160. The van der Waals surface area contributed by atoms with Gasteiger partial charge in [-0.3, -0.25) is 0 Å². The molecule has 4 heteroatoms. The van der Waals surface area contributed by atoms with Gasteiger partial charge in [0.05, 0.1) is 19.2 Å². The standard InChI is InChI=1S/C11H15ClO3/c1-14-10-7-11(15-2)9(12)6-8(10)4-3-5-13/h6-7,13H,3-5H2,1-2H3. The number of benzene rings is 1. The quantitative estimate of drug-likeness (QED) is 0.844. The van der Waals surface area contributed by atoms with Crippen LogP contribution in [0.1, 0.15) is 12.0 Å². The average molecular weight is 231 g/mol. The molecular formula is C11H15ClO3. The molecule has 15 heavy (non-hydrogen) atoms. The van der Waals surface area contributed by atoms with Gasteiger partial charge < -0.3 is 14.6 Å². The highest BCUT2D eigenvalue weighted by Gasteiger charge is 2.09. The fourth-order valence-corrected chi connectivity index (χ4v) is 1.65. The average Bonchev–Trinajstić information content (AvgIpc) is 2.26. The van der Waals surface area contributed by atoms with Crippen molar-refractivity contribution in [2.24, 2.45) is 0 Å². The molecule has 0 fully saturated rings. The summed E-state index contributed by atoms with van der Waals surface area (Å²) in [4.78, 5) is 0. The fraction of sp³-hybridized carbons (Fsp3) is 0.455. The SMILES string of the molecule is COc1cc(OC)c(CCCO)cc1Cl. The fourth-order valence-electron chi connectivity index (χ4n) is 1.39. The van der Waals surface area contributed by atoms with Crippen LogP contribution in [-0.4, -0.2) is 25.9 Å². The van der Waals surface area contributed by atoms with E-state index in [1.807, 2.05) is 6.07 Å². The van der Waals surface area contributed by atoms with Crippen molar-refractivity contribution in [2.75, 3.05) is 20.8 Å². The minimum absolute atomic E-state index is 0.160. The van der Waals surface area contributed by atoms with E-state index < -0.39 is 0 Å². The first-order valence-electron chi connectivity index (χ1n) is 4.74. The van der Waals surface area contributed by atoms with E-state index in [4.69, 9.17) is 26.2 Å². The third-order valence-electron chi connectivity index (χ3n) is 2.16. The molecule has 1 N–H and O–H groups in total. The monoisotopic (exact) mass is 230 g/mol. The van der Waals surface area contributed by atoms with E-state index in [1.165, 1.54) is 0 Å². The van der Waals surface area contributed by atoms with Crippen molar-refractivity contribution < 1.29 is 14.6 Å². The normalized spacial score (nSPS) is 10.1. The maximum atomic E-state index is 8.76. The third kappa shape index (κ3) is 3.01. The summed E-state index contributed by atoms with van der Waals surface area (Å²) in [6.07, 6.45) is 1.43. The number of ether oxygens (including phenoxy) is 2. The topological polar surface area (TPSA) is 38.7 Å². The number of halogens is 1. The molecule has 0 aromatic heterocycles. The Bertz CT molecular complexity index is 326. The van der Waals surface area contributed by atoms with Crippen molar-refractivity contribution in [3.8, 4) is 11.5 Å². The Hall–Kier alpha value is -0.930. The van der Waals surface area contributed by atoms with E-state index in [0.717, 1.165) is 17.7 Å². The lowest BCUT2D eigenvalue weighted by atomic mass is 10.1. The summed E-state index contributed by atoms with van der Waals surface area (Å²) in [5.74, 6) is 1.34. The van der Waals surface area contributed by atoms with Crippen LogP contribution in [0, 0.1) is 0 Å². The molecule has 0 saturated carbocycles. The molecule has 1 aromatic rings. The van der Waals surface area contributed by atoms with Crippen molar-refractivity contribution in [2.45, 2.75) is 12.8 Å². The maximum absolute atomic E-state index is 8.76. The molecule has 3 nitrogen and oxygen atoms in total. The van der Waals surface area contributed by atoms with Gasteiger partial charge in [0.15, 0.2) is 0 Å². The van der Waals surface area contributed by atoms with Crippen molar-refractivity contribution >= 4 is 11.6 Å². The molecule has 0 bridgehead atoms. The molecule has 0 aliphatic carbocycles. The van der Waals surface area contributed by atoms with Crippen LogP contribution < -0.4 is 9.47 Å². The van der Waals surface area contributed by atoms with Gasteiger partial charge in [0.25, 0.3) is 0 Å². The first kappa shape index (κ1) is 12.1. The predicted molar refractivity (Wildman–Crippen MR) is 60.0 cm³/mol. The molecule has 0 amide bonds. The van der Waals surface area contributed by atoms with Crippen LogP contribution >= 0.6 is 11.6 Å². The second kappa shape index (κ2) is 5.83. The molecule has 0 unspecified atom stereocenters. The lowest BCUT2D eigenvalue weighted by Gasteiger charge is -2.11. The van der Waals surface area contributed by atoms with E-state index in [-0.39, 0.29) is 6.61 Å². The van der Waals surface area contributed by atoms with E-state index in [9.17, 15) is 0 Å². The van der Waals surface area contributed by atoms with Crippen molar-refractivity contribution in [3.63, 3.8) is 0 Å². The van der Waals surface area contributed by atoms with Gasteiger partial charge in [0, 0.05) is 12.7 Å². The summed E-state index contributed by atoms with van der Waals surface area (Å²) in [6, 6.07) is 3.57. The molecule has 1 rings (SSSR count). The van der Waals surface area contributed by atoms with E-state index in [2.05, 4.69) is 0 Å². The largest absolute Gasteiger partial charge is 0.496 e. The Morgan fingerprint density at radius 3 is 2.40 bits per heavy atom. The summed E-state index contributed by atoms with van der Waals surface area (Å²) < 4.78 is 10.3. The minimum atomic E-state index is 0.160. The first-order valence-corrected chi connectivity index (χ1v) is 5.12. The smallest absolute Gasteiger partial charge is 0.141 e. The zero-order valence-corrected chi connectivity index (χ0v) is 9.67. The first-order chi connectivity index (χ1) is 7.22. The van der Waals surface area contributed by atoms with Crippen LogP contribution in [0.5, 0.6) is 11.5 Å². The van der Waals surface area contributed by atoms with Gasteiger partial charge in [-0.15, -0.1) is 0 Å². The second-order valence-electron chi connectivity index (χ2n) is 3.13. The number of hydrogen-bond donors (Lipinski definition) is 1. The highest BCUT2D eigenvalue weighted by atomic mass is 35.5. The molecule has 0 spiro atoms. The van der Waals surface area contributed by atoms with Crippen molar-refractivity contribution in [1.82, 2.24) is 0 Å². The zero-order valence-electron chi connectivity index (χ0n) is 8.92. The van der Waals surface area contributed by atoms with Crippen LogP contribution in [0.15, 0.2) is 12.1 Å². The van der Waals surface area contributed by atoms with Gasteiger partial charge in [0.1, 0.15) is 11.5 Å². The molecule has 0 atom stereocenters. The van der Waals surface area contributed by atoms with Crippen molar-refractivity contribution in [1.29, 1.82) is 0 Å². The number of aliphatic hydroxyl groups excluding tert-OH is 1. The summed E-state index contributed by atoms with van der Waals surface area (Å²) in [7, 11) is 3.17. The third-order valence-corrected chi connectivity index (χ3v) is 2.45. The number of methoxy groups -OCH3 is 2. The van der Waals surface area contributed by atoms with Gasteiger partial charge in [0.2, 0.25) is 0 Å². The Balaban J connectivity index is 2.98. The lowest BCUT2D eigenvalue weighted by Crippen LogP contribution is -1.96. The van der Waals surface area contributed by atoms with E-state index >= 15 is 0 Å². The van der Waals surface area contributed by atoms with Gasteiger partial charge >= 0.3 is 0 Å². The number of aryl methyl sites for hydroxylation is 1. The maximum Gasteiger partial charge on any atom is 0.141 e. The number of aliphatic hydroxyl groups is 1. The van der Waals surface area contributed by atoms with Crippen LogP contribution in [-0.2, 0) is 6.42 Å². The Labute approximate surface area is 94.6 Å². The Morgan fingerprint density at radius 1 is 1.20 bits per heavy atom. The number of hydrogen-bond acceptors (Lipinski definition) is 3. The number of rotatable bonds is 5. The zero-order chi connectivity index (χ0) is 11.3. The predicted octanol–water partition coefficient (Wildman–Crippen LogP) is 2.28. The highest BCUT2D eigenvalue weighted by Crippen LogP contribution is 2.32. The molecule has 0 saturated heterocycles. The molecule has 0 aliphatic heterocycles. The van der Waals surface area contributed by atoms with Gasteiger partial charge in [-0.1, -0.05) is 11.6 Å². The summed E-state index contributed by atoms with van der Waals surface area (Å²) in [5, 5.41) is 9.32. The van der Waals surface area contributed by atoms with Gasteiger partial charge in [-0.25, -0.2) is 0 Å². The molecular weight excluding hydrogens is 216 g/mol. The second-order valence-corrected chi connectivity index (χ2v) is 3.53. The van der Waals surface area contributed by atoms with Crippen LogP contribution in [0.2, 0.25) is 5.02 Å². The molecule has 0 radical (unpaired) electrons. The van der Waals surface area contributed by atoms with Crippen molar-refractivity contribution in [3.05, 3.63) is 22.7 Å². The Kier molecular flexibility index (Phi) is 4.72. The molecule has 1 aromatic carbocycles. The summed E-state index contributed by atoms with van der Waals surface area (Å²) >= 11 is 5.99. The molecule has 0 aliphatic rings. The van der Waals surface area contributed by atoms with Gasteiger partial charge in [-0.05, 0) is 24.5 Å². The van der Waals surface area contributed by atoms with Crippen LogP contribution in [0.25, 0.3) is 0 Å². The Morgan fingerprint density at radius 2 is 1.87 bits per heavy atom. The van der Waals surface area contributed by atoms with E-state index in [0.29, 0.717) is 17.2 Å². The minimum Gasteiger partial charge on any atom is -0.496 e. The summed E-state index contributed by atoms with van der Waals surface area (Å²) in [5.41, 5.74) is 0.984. The van der Waals surface area contributed by atoms with Gasteiger partial charge in [-0.2, -0.15) is 0 Å². The molecule has 0 heterocycles. The van der Waals surface area contributed by atoms with E-state index in [1.54, 1.807) is 20.3 Å². The van der Waals surface area contributed by atoms with Crippen LogP contribution in [0.3, 0.4) is 0 Å². The molecule has 84 valence electrons.